The van der Waals surface area contributed by atoms with E-state index in [-0.39, 0.29) is 21.3 Å². The zero-order valence-corrected chi connectivity index (χ0v) is 19.6. The highest BCUT2D eigenvalue weighted by molar-refractivity contribution is 6.53. The summed E-state index contributed by atoms with van der Waals surface area (Å²) in [5, 5.41) is 5.13. The number of carbonyl (C=O) groups is 3. The van der Waals surface area contributed by atoms with Crippen LogP contribution in [0.1, 0.15) is 21.5 Å². The average molecular weight is 498 g/mol. The number of imide groups is 1. The summed E-state index contributed by atoms with van der Waals surface area (Å²) in [5.41, 5.74) is 2.96. The summed E-state index contributed by atoms with van der Waals surface area (Å²) >= 11 is 12.0. The minimum absolute atomic E-state index is 0.0875. The fourth-order valence-electron chi connectivity index (χ4n) is 3.45. The SMILES string of the molecule is Cc1ccc(C)c(N2C(=O)C(Cl)=C(Nc3cccc(C(=O)Nc4ccc(F)c(Cl)c4)c3)C2=O)c1. The maximum absolute atomic E-state index is 13.4. The maximum Gasteiger partial charge on any atom is 0.283 e. The number of benzene rings is 3. The topological polar surface area (TPSA) is 78.5 Å². The molecule has 0 saturated heterocycles. The van der Waals surface area contributed by atoms with Crippen molar-refractivity contribution in [3.05, 3.63) is 98.9 Å². The molecule has 0 saturated carbocycles. The highest BCUT2D eigenvalue weighted by Gasteiger charge is 2.39. The summed E-state index contributed by atoms with van der Waals surface area (Å²) in [4.78, 5) is 39.5. The molecule has 1 aliphatic rings. The summed E-state index contributed by atoms with van der Waals surface area (Å²) in [6.45, 7) is 3.66. The molecule has 1 heterocycles. The third-order valence-electron chi connectivity index (χ3n) is 5.20. The first-order valence-electron chi connectivity index (χ1n) is 10.1. The lowest BCUT2D eigenvalue weighted by molar-refractivity contribution is -0.120. The van der Waals surface area contributed by atoms with Crippen LogP contribution in [0, 0.1) is 19.7 Å². The van der Waals surface area contributed by atoms with Crippen molar-refractivity contribution in [1.82, 2.24) is 0 Å². The number of rotatable bonds is 5. The molecule has 3 amide bonds. The fourth-order valence-corrected chi connectivity index (χ4v) is 3.84. The van der Waals surface area contributed by atoms with Crippen LogP contribution in [-0.4, -0.2) is 17.7 Å². The molecule has 0 fully saturated rings. The lowest BCUT2D eigenvalue weighted by atomic mass is 10.1. The standard InChI is InChI=1S/C25H18Cl2FN3O3/c1-13-6-7-14(2)20(10-13)31-24(33)21(27)22(25(31)34)29-16-5-3-4-15(11-16)23(32)30-17-8-9-19(28)18(26)12-17/h3-12,29H,1-2H3,(H,30,32). The monoisotopic (exact) mass is 497 g/mol. The van der Waals surface area contributed by atoms with Crippen molar-refractivity contribution in [1.29, 1.82) is 0 Å². The van der Waals surface area contributed by atoms with Gasteiger partial charge in [0.2, 0.25) is 0 Å². The smallest absolute Gasteiger partial charge is 0.283 e. The van der Waals surface area contributed by atoms with E-state index in [2.05, 4.69) is 10.6 Å². The summed E-state index contributed by atoms with van der Waals surface area (Å²) in [7, 11) is 0. The molecule has 0 radical (unpaired) electrons. The summed E-state index contributed by atoms with van der Waals surface area (Å²) < 4.78 is 13.4. The molecule has 0 bridgehead atoms. The van der Waals surface area contributed by atoms with Gasteiger partial charge in [0.05, 0.1) is 10.7 Å². The molecule has 6 nitrogen and oxygen atoms in total. The van der Waals surface area contributed by atoms with E-state index in [1.54, 1.807) is 31.2 Å². The molecule has 0 atom stereocenters. The van der Waals surface area contributed by atoms with Crippen LogP contribution >= 0.6 is 23.2 Å². The van der Waals surface area contributed by atoms with Gasteiger partial charge in [-0.1, -0.05) is 41.4 Å². The Morgan fingerprint density at radius 2 is 1.68 bits per heavy atom. The molecule has 2 N–H and O–H groups in total. The van der Waals surface area contributed by atoms with Gasteiger partial charge >= 0.3 is 0 Å². The minimum atomic E-state index is -0.634. The molecule has 0 unspecified atom stereocenters. The van der Waals surface area contributed by atoms with Crippen LogP contribution in [-0.2, 0) is 9.59 Å². The first kappa shape index (κ1) is 23.5. The number of anilines is 3. The van der Waals surface area contributed by atoms with Crippen molar-refractivity contribution in [2.75, 3.05) is 15.5 Å². The van der Waals surface area contributed by atoms with Gasteiger partial charge in [-0.25, -0.2) is 9.29 Å². The Bertz CT molecular complexity index is 1390. The number of hydrogen-bond acceptors (Lipinski definition) is 4. The third kappa shape index (κ3) is 4.53. The zero-order chi connectivity index (χ0) is 24.6. The van der Waals surface area contributed by atoms with E-state index in [1.165, 1.54) is 18.2 Å². The summed E-state index contributed by atoms with van der Waals surface area (Å²) in [5.74, 6) is -2.30. The Balaban J connectivity index is 1.56. The van der Waals surface area contributed by atoms with E-state index >= 15 is 0 Å². The van der Waals surface area contributed by atoms with E-state index in [9.17, 15) is 18.8 Å². The lowest BCUT2D eigenvalue weighted by Crippen LogP contribution is -2.33. The van der Waals surface area contributed by atoms with Crippen molar-refractivity contribution >= 4 is 58.0 Å². The largest absolute Gasteiger partial charge is 0.350 e. The zero-order valence-electron chi connectivity index (χ0n) is 18.1. The summed E-state index contributed by atoms with van der Waals surface area (Å²) in [6, 6.07) is 15.6. The number of hydrogen-bond donors (Lipinski definition) is 2. The molecule has 172 valence electrons. The quantitative estimate of drug-likeness (QED) is 0.437. The Morgan fingerprint density at radius 1 is 0.912 bits per heavy atom. The number of amides is 3. The number of nitrogens with zero attached hydrogens (tertiary/aromatic N) is 1. The second-order valence-corrected chi connectivity index (χ2v) is 8.50. The van der Waals surface area contributed by atoms with Gasteiger partial charge in [0.25, 0.3) is 17.7 Å². The highest BCUT2D eigenvalue weighted by Crippen LogP contribution is 2.32. The minimum Gasteiger partial charge on any atom is -0.350 e. The van der Waals surface area contributed by atoms with Crippen LogP contribution in [0.15, 0.2) is 71.4 Å². The molecular formula is C25H18Cl2FN3O3. The Labute approximate surface area is 205 Å². The normalized spacial score (nSPS) is 13.5. The van der Waals surface area contributed by atoms with Gasteiger partial charge in [-0.2, -0.15) is 0 Å². The van der Waals surface area contributed by atoms with Crippen LogP contribution in [0.25, 0.3) is 0 Å². The van der Waals surface area contributed by atoms with Gasteiger partial charge in [-0.15, -0.1) is 0 Å². The molecule has 0 aliphatic carbocycles. The molecular weight excluding hydrogens is 480 g/mol. The second kappa shape index (κ2) is 9.29. The van der Waals surface area contributed by atoms with Crippen molar-refractivity contribution in [3.8, 4) is 0 Å². The Kier molecular flexibility index (Phi) is 6.41. The first-order chi connectivity index (χ1) is 16.2. The van der Waals surface area contributed by atoms with Gasteiger partial charge < -0.3 is 10.6 Å². The van der Waals surface area contributed by atoms with Crippen molar-refractivity contribution in [2.24, 2.45) is 0 Å². The molecule has 0 aromatic heterocycles. The Morgan fingerprint density at radius 3 is 2.41 bits per heavy atom. The maximum atomic E-state index is 13.4. The fraction of sp³-hybridized carbons (Fsp3) is 0.0800. The van der Waals surface area contributed by atoms with Gasteiger partial charge in [-0.05, 0) is 67.4 Å². The number of nitrogens with one attached hydrogen (secondary N) is 2. The van der Waals surface area contributed by atoms with Crippen molar-refractivity contribution < 1.29 is 18.8 Å². The van der Waals surface area contributed by atoms with Crippen LogP contribution in [0.4, 0.5) is 21.5 Å². The second-order valence-electron chi connectivity index (χ2n) is 7.71. The number of aryl methyl sites for hydroxylation is 2. The highest BCUT2D eigenvalue weighted by atomic mass is 35.5. The lowest BCUT2D eigenvalue weighted by Gasteiger charge is -2.18. The van der Waals surface area contributed by atoms with Gasteiger partial charge in [-0.3, -0.25) is 14.4 Å². The van der Waals surface area contributed by atoms with E-state index in [4.69, 9.17) is 23.2 Å². The molecule has 4 rings (SSSR count). The van der Waals surface area contributed by atoms with E-state index in [0.717, 1.165) is 22.1 Å². The van der Waals surface area contributed by atoms with E-state index in [0.29, 0.717) is 17.1 Å². The van der Waals surface area contributed by atoms with Crippen LogP contribution in [0.2, 0.25) is 5.02 Å². The van der Waals surface area contributed by atoms with Gasteiger partial charge in [0.15, 0.2) is 0 Å². The Hall–Kier alpha value is -3.68. The average Bonchev–Trinajstić information content (AvgIpc) is 3.01. The van der Waals surface area contributed by atoms with Crippen molar-refractivity contribution in [3.63, 3.8) is 0 Å². The summed E-state index contributed by atoms with van der Waals surface area (Å²) in [6.07, 6.45) is 0. The third-order valence-corrected chi connectivity index (χ3v) is 5.84. The van der Waals surface area contributed by atoms with Gasteiger partial charge in [0, 0.05) is 16.9 Å². The van der Waals surface area contributed by atoms with Crippen LogP contribution in [0.5, 0.6) is 0 Å². The first-order valence-corrected chi connectivity index (χ1v) is 10.9. The molecule has 9 heteroatoms. The molecule has 3 aromatic carbocycles. The molecule has 34 heavy (non-hydrogen) atoms. The number of halogens is 3. The van der Waals surface area contributed by atoms with Crippen LogP contribution in [0.3, 0.4) is 0 Å². The van der Waals surface area contributed by atoms with Crippen LogP contribution < -0.4 is 15.5 Å². The predicted octanol–water partition coefficient (Wildman–Crippen LogP) is 5.78. The van der Waals surface area contributed by atoms with Gasteiger partial charge in [0.1, 0.15) is 16.5 Å². The molecule has 0 spiro atoms. The number of carbonyl (C=O) groups excluding carboxylic acids is 3. The van der Waals surface area contributed by atoms with Crippen molar-refractivity contribution in [2.45, 2.75) is 13.8 Å². The predicted molar refractivity (Wildman–Crippen MR) is 131 cm³/mol. The molecule has 1 aliphatic heterocycles. The van der Waals surface area contributed by atoms with E-state index < -0.39 is 23.5 Å². The molecule has 3 aromatic rings. The van der Waals surface area contributed by atoms with E-state index in [1.807, 2.05) is 19.1 Å².